The van der Waals surface area contributed by atoms with E-state index in [-0.39, 0.29) is 11.7 Å². The Labute approximate surface area is 222 Å². The minimum Gasteiger partial charge on any atom is -0.406 e. The molecule has 1 aromatic heterocycles. The van der Waals surface area contributed by atoms with Gasteiger partial charge in [-0.05, 0) is 46.7 Å². The maximum Gasteiger partial charge on any atom is 0.573 e. The van der Waals surface area contributed by atoms with Gasteiger partial charge < -0.3 is 18.9 Å². The fourth-order valence-electron chi connectivity index (χ4n) is 4.98. The molecule has 6 nitrogen and oxygen atoms in total. The highest BCUT2D eigenvalue weighted by atomic mass is 19.4. The Bertz CT molecular complexity index is 1650. The Morgan fingerprint density at radius 1 is 0.923 bits per heavy atom. The molecule has 1 amide bonds. The molecule has 4 aromatic carbocycles. The molecular weight excluding hydrogens is 507 g/mol. The van der Waals surface area contributed by atoms with Gasteiger partial charge in [-0.15, -0.1) is 13.2 Å². The third-order valence-corrected chi connectivity index (χ3v) is 6.82. The number of ether oxygens (including phenoxy) is 2. The Balaban J connectivity index is 1.44. The molecule has 2 heterocycles. The number of hydrogen-bond donors (Lipinski definition) is 0. The second kappa shape index (κ2) is 10.1. The fraction of sp³-hybridized carbons (Fsp3) is 0.200. The molecule has 1 aliphatic heterocycles. The molecule has 6 rings (SSSR count). The summed E-state index contributed by atoms with van der Waals surface area (Å²) < 4.78 is 49.3. The molecule has 1 fully saturated rings. The molecule has 0 unspecified atom stereocenters. The topological polar surface area (TPSA) is 56.6 Å². The van der Waals surface area contributed by atoms with Crippen LogP contribution in [0.5, 0.6) is 5.75 Å². The van der Waals surface area contributed by atoms with Gasteiger partial charge in [-0.1, -0.05) is 54.6 Å². The lowest BCUT2D eigenvalue weighted by Gasteiger charge is -2.26. The summed E-state index contributed by atoms with van der Waals surface area (Å²) in [7, 11) is 0. The van der Waals surface area contributed by atoms with E-state index in [4.69, 9.17) is 9.72 Å². The summed E-state index contributed by atoms with van der Waals surface area (Å²) in [6, 6.07) is 25.3. The average molecular weight is 532 g/mol. The minimum atomic E-state index is -4.75. The van der Waals surface area contributed by atoms with Crippen molar-refractivity contribution in [2.24, 2.45) is 0 Å². The number of nitrogens with zero attached hydrogens (tertiary/aromatic N) is 3. The first-order chi connectivity index (χ1) is 18.9. The molecule has 0 bridgehead atoms. The van der Waals surface area contributed by atoms with Gasteiger partial charge in [-0.25, -0.2) is 4.98 Å². The number of alkyl halides is 3. The monoisotopic (exact) mass is 531 g/mol. The van der Waals surface area contributed by atoms with Crippen LogP contribution < -0.4 is 4.74 Å². The van der Waals surface area contributed by atoms with Crippen LogP contribution in [0.3, 0.4) is 0 Å². The molecule has 5 aromatic rings. The lowest BCUT2D eigenvalue weighted by Crippen LogP contribution is -2.40. The van der Waals surface area contributed by atoms with E-state index in [1.165, 1.54) is 12.1 Å². The number of fused-ring (bicyclic) bond motifs is 2. The van der Waals surface area contributed by atoms with Crippen LogP contribution >= 0.6 is 0 Å². The second-order valence-corrected chi connectivity index (χ2v) is 9.35. The minimum absolute atomic E-state index is 0.0679. The maximum absolute atomic E-state index is 13.1. The Hall–Kier alpha value is -4.37. The van der Waals surface area contributed by atoms with E-state index in [1.807, 2.05) is 53.1 Å². The second-order valence-electron chi connectivity index (χ2n) is 9.35. The van der Waals surface area contributed by atoms with Gasteiger partial charge in [0.25, 0.3) is 5.91 Å². The molecule has 39 heavy (non-hydrogen) atoms. The molecule has 0 N–H and O–H groups in total. The lowest BCUT2D eigenvalue weighted by molar-refractivity contribution is -0.274. The Morgan fingerprint density at radius 2 is 1.67 bits per heavy atom. The van der Waals surface area contributed by atoms with Gasteiger partial charge in [-0.3, -0.25) is 4.79 Å². The molecule has 9 heteroatoms. The molecule has 1 saturated heterocycles. The summed E-state index contributed by atoms with van der Waals surface area (Å²) in [4.78, 5) is 19.9. The van der Waals surface area contributed by atoms with Crippen LogP contribution in [0.1, 0.15) is 15.9 Å². The Kier molecular flexibility index (Phi) is 6.44. The van der Waals surface area contributed by atoms with Crippen LogP contribution in [0.4, 0.5) is 13.2 Å². The van der Waals surface area contributed by atoms with Gasteiger partial charge in [0, 0.05) is 30.8 Å². The predicted molar refractivity (Wildman–Crippen MR) is 142 cm³/mol. The van der Waals surface area contributed by atoms with Crippen LogP contribution in [0.2, 0.25) is 0 Å². The summed E-state index contributed by atoms with van der Waals surface area (Å²) >= 11 is 0. The van der Waals surface area contributed by atoms with Gasteiger partial charge in [0.2, 0.25) is 0 Å². The number of amides is 1. The first-order valence-electron chi connectivity index (χ1n) is 12.6. The molecule has 0 aliphatic carbocycles. The van der Waals surface area contributed by atoms with E-state index < -0.39 is 6.36 Å². The SMILES string of the molecule is O=C(c1ccc2c(c1)nc(-c1cccc3ccccc13)n2Cc1ccc(OC(F)(F)F)cc1)N1CCOCC1. The van der Waals surface area contributed by atoms with E-state index in [9.17, 15) is 18.0 Å². The molecule has 0 atom stereocenters. The Morgan fingerprint density at radius 3 is 2.44 bits per heavy atom. The zero-order chi connectivity index (χ0) is 27.0. The highest BCUT2D eigenvalue weighted by molar-refractivity contribution is 6.00. The van der Waals surface area contributed by atoms with Gasteiger partial charge in [0.1, 0.15) is 11.6 Å². The number of aromatic nitrogens is 2. The van der Waals surface area contributed by atoms with Crippen molar-refractivity contribution in [1.82, 2.24) is 14.5 Å². The zero-order valence-electron chi connectivity index (χ0n) is 20.8. The highest BCUT2D eigenvalue weighted by Gasteiger charge is 2.31. The van der Waals surface area contributed by atoms with Crippen molar-refractivity contribution in [2.75, 3.05) is 26.3 Å². The van der Waals surface area contributed by atoms with Crippen molar-refractivity contribution >= 4 is 27.7 Å². The number of carbonyl (C=O) groups is 1. The number of hydrogen-bond acceptors (Lipinski definition) is 4. The number of imidazole rings is 1. The third kappa shape index (κ3) is 5.18. The van der Waals surface area contributed by atoms with Gasteiger partial charge in [-0.2, -0.15) is 0 Å². The standard InChI is InChI=1S/C30H24F3N3O3/c31-30(32,33)39-23-11-8-20(9-12-23)19-36-27-13-10-22(29(37)35-14-16-38-17-15-35)18-26(27)34-28(36)25-7-3-5-21-4-1-2-6-24(21)25/h1-13,18H,14-17,19H2. The van der Waals surface area contributed by atoms with E-state index in [0.717, 1.165) is 27.4 Å². The average Bonchev–Trinajstić information content (AvgIpc) is 3.30. The summed E-state index contributed by atoms with van der Waals surface area (Å²) in [6.07, 6.45) is -4.75. The summed E-state index contributed by atoms with van der Waals surface area (Å²) in [5, 5.41) is 2.08. The first kappa shape index (κ1) is 24.9. The first-order valence-corrected chi connectivity index (χ1v) is 12.6. The fourth-order valence-corrected chi connectivity index (χ4v) is 4.98. The number of morpholine rings is 1. The number of halogens is 3. The van der Waals surface area contributed by atoms with Crippen LogP contribution in [-0.2, 0) is 11.3 Å². The zero-order valence-corrected chi connectivity index (χ0v) is 20.8. The van der Waals surface area contributed by atoms with Gasteiger partial charge >= 0.3 is 6.36 Å². The number of carbonyl (C=O) groups excluding carboxylic acids is 1. The molecule has 1 aliphatic rings. The summed E-state index contributed by atoms with van der Waals surface area (Å²) in [5.74, 6) is 0.359. The van der Waals surface area contributed by atoms with E-state index in [2.05, 4.69) is 4.74 Å². The van der Waals surface area contributed by atoms with Crippen LogP contribution in [0.15, 0.2) is 84.9 Å². The van der Waals surface area contributed by atoms with Gasteiger partial charge in [0.05, 0.1) is 24.2 Å². The molecule has 198 valence electrons. The smallest absolute Gasteiger partial charge is 0.406 e. The number of rotatable bonds is 5. The van der Waals surface area contributed by atoms with Gasteiger partial charge in [0.15, 0.2) is 0 Å². The van der Waals surface area contributed by atoms with Crippen molar-refractivity contribution in [1.29, 1.82) is 0 Å². The van der Waals surface area contributed by atoms with E-state index >= 15 is 0 Å². The van der Waals surface area contributed by atoms with Crippen molar-refractivity contribution < 1.29 is 27.4 Å². The molecular formula is C30H24F3N3O3. The lowest BCUT2D eigenvalue weighted by atomic mass is 10.0. The third-order valence-electron chi connectivity index (χ3n) is 6.82. The van der Waals surface area contributed by atoms with E-state index in [1.54, 1.807) is 29.2 Å². The normalized spacial score (nSPS) is 14.2. The maximum atomic E-state index is 13.1. The molecule has 0 spiro atoms. The van der Waals surface area contributed by atoms with Crippen LogP contribution in [0.25, 0.3) is 33.2 Å². The summed E-state index contributed by atoms with van der Waals surface area (Å²) in [6.45, 7) is 2.47. The van der Waals surface area contributed by atoms with Crippen molar-refractivity contribution in [3.63, 3.8) is 0 Å². The van der Waals surface area contributed by atoms with Crippen LogP contribution in [0, 0.1) is 0 Å². The highest BCUT2D eigenvalue weighted by Crippen LogP contribution is 2.32. The molecule has 0 saturated carbocycles. The largest absolute Gasteiger partial charge is 0.573 e. The van der Waals surface area contributed by atoms with Crippen molar-refractivity contribution in [3.8, 4) is 17.1 Å². The van der Waals surface area contributed by atoms with Crippen molar-refractivity contribution in [3.05, 3.63) is 96.1 Å². The van der Waals surface area contributed by atoms with Crippen molar-refractivity contribution in [2.45, 2.75) is 12.9 Å². The quantitative estimate of drug-likeness (QED) is 0.268. The molecule has 0 radical (unpaired) electrons. The number of benzene rings is 4. The van der Waals surface area contributed by atoms with Crippen LogP contribution in [-0.4, -0.2) is 53.0 Å². The predicted octanol–water partition coefficient (Wildman–Crippen LogP) is 6.28. The van der Waals surface area contributed by atoms with E-state index in [0.29, 0.717) is 49.8 Å². The summed E-state index contributed by atoms with van der Waals surface area (Å²) in [5.41, 5.74) is 3.72.